The number of benzene rings is 1. The second kappa shape index (κ2) is 5.68. The normalized spacial score (nSPS) is 13.3. The largest absolute Gasteiger partial charge is 0.393 e. The van der Waals surface area contributed by atoms with E-state index in [1.54, 1.807) is 0 Å². The fourth-order valence-corrected chi connectivity index (χ4v) is 2.94. The highest BCUT2D eigenvalue weighted by Gasteiger charge is 2.22. The molecule has 0 saturated heterocycles. The number of sulfonamides is 1. The Morgan fingerprint density at radius 1 is 1.50 bits per heavy atom. The molecule has 100 valence electrons. The molecular formula is C10H12F2N2O2S2. The second-order valence-corrected chi connectivity index (χ2v) is 5.97. The van der Waals surface area contributed by atoms with Crippen LogP contribution in [0.4, 0.5) is 8.78 Å². The summed E-state index contributed by atoms with van der Waals surface area (Å²) in [5, 5.41) is 0. The van der Waals surface area contributed by atoms with Crippen molar-refractivity contribution in [3.05, 3.63) is 29.8 Å². The maximum atomic E-state index is 13.3. The monoisotopic (exact) mass is 294 g/mol. The van der Waals surface area contributed by atoms with Crippen LogP contribution in [0.3, 0.4) is 0 Å². The molecule has 0 aromatic heterocycles. The van der Waals surface area contributed by atoms with Gasteiger partial charge in [0.1, 0.15) is 16.5 Å². The van der Waals surface area contributed by atoms with Gasteiger partial charge in [-0.1, -0.05) is 12.2 Å². The quantitative estimate of drug-likeness (QED) is 0.803. The van der Waals surface area contributed by atoms with Gasteiger partial charge < -0.3 is 5.73 Å². The molecule has 0 heterocycles. The average molecular weight is 294 g/mol. The van der Waals surface area contributed by atoms with Gasteiger partial charge in [0.15, 0.2) is 0 Å². The predicted molar refractivity (Wildman–Crippen MR) is 67.5 cm³/mol. The van der Waals surface area contributed by atoms with E-state index in [0.717, 1.165) is 12.1 Å². The second-order valence-electron chi connectivity index (χ2n) is 3.77. The molecule has 0 aliphatic heterocycles. The molecule has 1 unspecified atom stereocenters. The van der Waals surface area contributed by atoms with Gasteiger partial charge in [0.25, 0.3) is 0 Å². The molecule has 18 heavy (non-hydrogen) atoms. The molecule has 0 spiro atoms. The van der Waals surface area contributed by atoms with Gasteiger partial charge in [0, 0.05) is 12.5 Å². The molecule has 8 heteroatoms. The minimum Gasteiger partial charge on any atom is -0.393 e. The maximum absolute atomic E-state index is 13.3. The van der Waals surface area contributed by atoms with Crippen molar-refractivity contribution < 1.29 is 17.2 Å². The Kier molecular flexibility index (Phi) is 4.71. The molecule has 0 bridgehead atoms. The topological polar surface area (TPSA) is 72.2 Å². The molecule has 4 nitrogen and oxygen atoms in total. The SMILES string of the molecule is CC(CC(N)=S)NS(=O)(=O)c1cc(F)ccc1F. The van der Waals surface area contributed by atoms with Crippen LogP contribution >= 0.6 is 12.2 Å². The van der Waals surface area contributed by atoms with Crippen LogP contribution in [0.5, 0.6) is 0 Å². The van der Waals surface area contributed by atoms with Crippen LogP contribution in [-0.4, -0.2) is 19.4 Å². The molecule has 1 rings (SSSR count). The van der Waals surface area contributed by atoms with E-state index in [9.17, 15) is 17.2 Å². The van der Waals surface area contributed by atoms with Crippen LogP contribution in [0.2, 0.25) is 0 Å². The van der Waals surface area contributed by atoms with Crippen molar-refractivity contribution in [3.8, 4) is 0 Å². The average Bonchev–Trinajstić information content (AvgIpc) is 2.19. The highest BCUT2D eigenvalue weighted by molar-refractivity contribution is 7.89. The first kappa shape index (κ1) is 14.9. The van der Waals surface area contributed by atoms with Crippen LogP contribution in [-0.2, 0) is 10.0 Å². The van der Waals surface area contributed by atoms with Crippen LogP contribution in [0, 0.1) is 11.6 Å². The zero-order chi connectivity index (χ0) is 13.9. The lowest BCUT2D eigenvalue weighted by Gasteiger charge is -2.13. The van der Waals surface area contributed by atoms with E-state index in [-0.39, 0.29) is 11.4 Å². The molecule has 0 saturated carbocycles. The third-order valence-corrected chi connectivity index (χ3v) is 3.82. The first-order valence-electron chi connectivity index (χ1n) is 4.98. The number of rotatable bonds is 5. The van der Waals surface area contributed by atoms with Crippen LogP contribution < -0.4 is 10.5 Å². The third-order valence-electron chi connectivity index (χ3n) is 2.05. The van der Waals surface area contributed by atoms with Crippen LogP contribution in [0.15, 0.2) is 23.1 Å². The predicted octanol–water partition coefficient (Wildman–Crippen LogP) is 1.31. The maximum Gasteiger partial charge on any atom is 0.243 e. The summed E-state index contributed by atoms with van der Waals surface area (Å²) < 4.78 is 52.0. The standard InChI is InChI=1S/C10H12F2N2O2S2/c1-6(4-10(13)17)14-18(15,16)9-5-7(11)2-3-8(9)12/h2-3,5-6,14H,4H2,1H3,(H2,13,17). The van der Waals surface area contributed by atoms with Gasteiger partial charge in [-0.2, -0.15) is 0 Å². The molecule has 0 radical (unpaired) electrons. The van der Waals surface area contributed by atoms with E-state index in [2.05, 4.69) is 16.9 Å². The summed E-state index contributed by atoms with van der Waals surface area (Å²) in [7, 11) is -4.14. The van der Waals surface area contributed by atoms with Crippen molar-refractivity contribution in [3.63, 3.8) is 0 Å². The number of thiocarbonyl (C=S) groups is 1. The van der Waals surface area contributed by atoms with Gasteiger partial charge in [0.05, 0.1) is 4.99 Å². The molecular weight excluding hydrogens is 282 g/mol. The van der Waals surface area contributed by atoms with Crippen molar-refractivity contribution in [2.24, 2.45) is 5.73 Å². The number of nitrogens with two attached hydrogens (primary N) is 1. The third kappa shape index (κ3) is 3.97. The number of nitrogens with one attached hydrogen (secondary N) is 1. The zero-order valence-corrected chi connectivity index (χ0v) is 11.1. The van der Waals surface area contributed by atoms with Crippen molar-refractivity contribution >= 4 is 27.2 Å². The molecule has 0 aliphatic rings. The molecule has 3 N–H and O–H groups in total. The first-order chi connectivity index (χ1) is 8.22. The van der Waals surface area contributed by atoms with Gasteiger partial charge in [-0.3, -0.25) is 0 Å². The number of hydrogen-bond acceptors (Lipinski definition) is 3. The van der Waals surface area contributed by atoms with Crippen LogP contribution in [0.1, 0.15) is 13.3 Å². The summed E-state index contributed by atoms with van der Waals surface area (Å²) in [4.78, 5) is -0.609. The lowest BCUT2D eigenvalue weighted by atomic mass is 10.3. The van der Waals surface area contributed by atoms with Gasteiger partial charge in [-0.25, -0.2) is 21.9 Å². The van der Waals surface area contributed by atoms with Gasteiger partial charge in [-0.15, -0.1) is 0 Å². The Bertz CT molecular complexity index is 561. The van der Waals surface area contributed by atoms with E-state index in [1.165, 1.54) is 6.92 Å². The summed E-state index contributed by atoms with van der Waals surface area (Å²) in [5.41, 5.74) is 5.27. The molecule has 0 aliphatic carbocycles. The Labute approximate surface area is 109 Å². The first-order valence-corrected chi connectivity index (χ1v) is 6.87. The van der Waals surface area contributed by atoms with E-state index in [0.29, 0.717) is 6.07 Å². The van der Waals surface area contributed by atoms with Crippen molar-refractivity contribution in [1.29, 1.82) is 0 Å². The lowest BCUT2D eigenvalue weighted by Crippen LogP contribution is -2.35. The molecule has 0 fully saturated rings. The summed E-state index contributed by atoms with van der Waals surface area (Å²) in [6.07, 6.45) is 0.130. The highest BCUT2D eigenvalue weighted by atomic mass is 32.2. The molecule has 1 aromatic carbocycles. The van der Waals surface area contributed by atoms with Gasteiger partial charge in [0.2, 0.25) is 10.0 Å². The van der Waals surface area contributed by atoms with Crippen molar-refractivity contribution in [1.82, 2.24) is 4.72 Å². The lowest BCUT2D eigenvalue weighted by molar-refractivity contribution is 0.537. The summed E-state index contributed by atoms with van der Waals surface area (Å²) in [6, 6.07) is 1.61. The molecule has 1 aromatic rings. The fraction of sp³-hybridized carbons (Fsp3) is 0.300. The van der Waals surface area contributed by atoms with E-state index >= 15 is 0 Å². The van der Waals surface area contributed by atoms with E-state index in [4.69, 9.17) is 5.73 Å². The van der Waals surface area contributed by atoms with Crippen LogP contribution in [0.25, 0.3) is 0 Å². The Morgan fingerprint density at radius 3 is 2.67 bits per heavy atom. The zero-order valence-electron chi connectivity index (χ0n) is 9.48. The smallest absolute Gasteiger partial charge is 0.243 e. The Balaban J connectivity index is 2.99. The minimum absolute atomic E-state index is 0.130. The van der Waals surface area contributed by atoms with Gasteiger partial charge >= 0.3 is 0 Å². The van der Waals surface area contributed by atoms with E-state index < -0.39 is 32.6 Å². The molecule has 1 atom stereocenters. The number of halogens is 2. The Hall–Kier alpha value is -1.12. The Morgan fingerprint density at radius 2 is 2.11 bits per heavy atom. The summed E-state index contributed by atoms with van der Waals surface area (Å²) >= 11 is 4.63. The van der Waals surface area contributed by atoms with E-state index in [1.807, 2.05) is 0 Å². The highest BCUT2D eigenvalue weighted by Crippen LogP contribution is 2.16. The van der Waals surface area contributed by atoms with Crippen molar-refractivity contribution in [2.45, 2.75) is 24.3 Å². The fourth-order valence-electron chi connectivity index (χ4n) is 1.35. The van der Waals surface area contributed by atoms with Gasteiger partial charge in [-0.05, 0) is 25.1 Å². The number of hydrogen-bond donors (Lipinski definition) is 2. The summed E-state index contributed by atoms with van der Waals surface area (Å²) in [5.74, 6) is -1.86. The molecule has 0 amide bonds. The van der Waals surface area contributed by atoms with Crippen molar-refractivity contribution in [2.75, 3.05) is 0 Å². The summed E-state index contributed by atoms with van der Waals surface area (Å²) in [6.45, 7) is 1.52. The minimum atomic E-state index is -4.14.